The summed E-state index contributed by atoms with van der Waals surface area (Å²) in [5.74, 6) is 0.0761. The molecule has 1 aromatic carbocycles. The van der Waals surface area contributed by atoms with Crippen molar-refractivity contribution in [1.82, 2.24) is 10.6 Å². The third-order valence-electron chi connectivity index (χ3n) is 4.37. The summed E-state index contributed by atoms with van der Waals surface area (Å²) in [7, 11) is 1.64. The summed E-state index contributed by atoms with van der Waals surface area (Å²) in [5, 5.41) is 6.68. The van der Waals surface area contributed by atoms with Crippen LogP contribution in [0.15, 0.2) is 24.3 Å². The molecule has 2 N–H and O–H groups in total. The number of carbonyl (C=O) groups excluding carboxylic acids is 2. The molecule has 0 radical (unpaired) electrons. The molecule has 0 spiro atoms. The van der Waals surface area contributed by atoms with E-state index in [4.69, 9.17) is 16.3 Å². The Morgan fingerprint density at radius 2 is 2.12 bits per heavy atom. The number of ether oxygens (including phenoxy) is 1. The Balaban J connectivity index is 1.89. The number of halogens is 1. The fourth-order valence-electron chi connectivity index (χ4n) is 3.06. The molecule has 0 aromatic heterocycles. The quantitative estimate of drug-likeness (QED) is 0.671. The van der Waals surface area contributed by atoms with Gasteiger partial charge in [-0.25, -0.2) is 0 Å². The monoisotopic (exact) mass is 352 g/mol. The van der Waals surface area contributed by atoms with E-state index in [0.717, 1.165) is 18.4 Å². The minimum atomic E-state index is -0.339. The van der Waals surface area contributed by atoms with Gasteiger partial charge in [0.2, 0.25) is 11.8 Å². The van der Waals surface area contributed by atoms with Crippen molar-refractivity contribution < 1.29 is 14.3 Å². The summed E-state index contributed by atoms with van der Waals surface area (Å²) in [6.45, 7) is 1.25. The van der Waals surface area contributed by atoms with Crippen LogP contribution in [0.2, 0.25) is 5.02 Å². The van der Waals surface area contributed by atoms with Crippen LogP contribution in [0, 0.1) is 0 Å². The van der Waals surface area contributed by atoms with Gasteiger partial charge < -0.3 is 15.4 Å². The lowest BCUT2D eigenvalue weighted by molar-refractivity contribution is -0.122. The van der Waals surface area contributed by atoms with E-state index in [2.05, 4.69) is 10.6 Å². The average molecular weight is 353 g/mol. The molecule has 1 atom stereocenters. The minimum absolute atomic E-state index is 0.0164. The smallest absolute Gasteiger partial charge is 0.220 e. The molecule has 6 heteroatoms. The molecule has 2 rings (SSSR count). The van der Waals surface area contributed by atoms with Crippen LogP contribution >= 0.6 is 11.6 Å². The number of rotatable bonds is 9. The van der Waals surface area contributed by atoms with Crippen molar-refractivity contribution in [2.75, 3.05) is 20.3 Å². The number of carbonyl (C=O) groups is 2. The molecule has 1 fully saturated rings. The molecule has 0 aliphatic carbocycles. The van der Waals surface area contributed by atoms with Gasteiger partial charge in [0.05, 0.1) is 0 Å². The Labute approximate surface area is 148 Å². The topological polar surface area (TPSA) is 67.4 Å². The molecule has 132 valence electrons. The molecule has 1 saturated heterocycles. The molecule has 5 nitrogen and oxygen atoms in total. The van der Waals surface area contributed by atoms with Gasteiger partial charge in [-0.2, -0.15) is 0 Å². The van der Waals surface area contributed by atoms with E-state index in [9.17, 15) is 9.59 Å². The zero-order valence-electron chi connectivity index (χ0n) is 14.1. The van der Waals surface area contributed by atoms with Crippen LogP contribution in [0.3, 0.4) is 0 Å². The summed E-state index contributed by atoms with van der Waals surface area (Å²) in [6, 6.07) is 7.65. The number of hydrogen-bond donors (Lipinski definition) is 2. The summed E-state index contributed by atoms with van der Waals surface area (Å²) in [4.78, 5) is 23.7. The van der Waals surface area contributed by atoms with E-state index in [1.165, 1.54) is 0 Å². The molecule has 1 aliphatic heterocycles. The maximum absolute atomic E-state index is 12.0. The van der Waals surface area contributed by atoms with E-state index in [0.29, 0.717) is 43.9 Å². The predicted molar refractivity (Wildman–Crippen MR) is 94.0 cm³/mol. The number of hydrogen-bond acceptors (Lipinski definition) is 3. The highest BCUT2D eigenvalue weighted by Crippen LogP contribution is 2.29. The second-order valence-electron chi connectivity index (χ2n) is 6.33. The Morgan fingerprint density at radius 1 is 1.38 bits per heavy atom. The second kappa shape index (κ2) is 9.04. The van der Waals surface area contributed by atoms with Crippen molar-refractivity contribution in [1.29, 1.82) is 0 Å². The zero-order valence-corrected chi connectivity index (χ0v) is 14.8. The van der Waals surface area contributed by atoms with Gasteiger partial charge in [0.15, 0.2) is 0 Å². The first-order chi connectivity index (χ1) is 11.5. The normalized spacial score (nSPS) is 20.0. The predicted octanol–water partition coefficient (Wildman–Crippen LogP) is 2.46. The fourth-order valence-corrected chi connectivity index (χ4v) is 3.19. The van der Waals surface area contributed by atoms with Crippen molar-refractivity contribution in [3.63, 3.8) is 0 Å². The molecule has 1 aromatic rings. The first-order valence-corrected chi connectivity index (χ1v) is 8.72. The second-order valence-corrected chi connectivity index (χ2v) is 6.76. The van der Waals surface area contributed by atoms with Crippen LogP contribution < -0.4 is 10.6 Å². The number of benzene rings is 1. The van der Waals surface area contributed by atoms with Crippen molar-refractivity contribution >= 4 is 23.4 Å². The van der Waals surface area contributed by atoms with Gasteiger partial charge in [-0.1, -0.05) is 23.7 Å². The van der Waals surface area contributed by atoms with E-state index >= 15 is 0 Å². The highest BCUT2D eigenvalue weighted by atomic mass is 35.5. The van der Waals surface area contributed by atoms with Crippen molar-refractivity contribution in [2.45, 2.75) is 44.1 Å². The molecule has 0 saturated carbocycles. The van der Waals surface area contributed by atoms with Crippen LogP contribution in [-0.4, -0.2) is 37.6 Å². The largest absolute Gasteiger partial charge is 0.385 e. The van der Waals surface area contributed by atoms with Gasteiger partial charge in [-0.15, -0.1) is 0 Å². The van der Waals surface area contributed by atoms with E-state index in [-0.39, 0.29) is 17.4 Å². The van der Waals surface area contributed by atoms with Crippen LogP contribution in [-0.2, 0) is 20.7 Å². The van der Waals surface area contributed by atoms with Gasteiger partial charge in [0, 0.05) is 43.7 Å². The maximum Gasteiger partial charge on any atom is 0.220 e. The Morgan fingerprint density at radius 3 is 2.75 bits per heavy atom. The molecular weight excluding hydrogens is 328 g/mol. The fraction of sp³-hybridized carbons (Fsp3) is 0.556. The van der Waals surface area contributed by atoms with Crippen LogP contribution in [0.25, 0.3) is 0 Å². The van der Waals surface area contributed by atoms with E-state index < -0.39 is 0 Å². The number of nitrogens with one attached hydrogen (secondary N) is 2. The van der Waals surface area contributed by atoms with Crippen molar-refractivity contribution in [3.05, 3.63) is 34.9 Å². The van der Waals surface area contributed by atoms with Gasteiger partial charge >= 0.3 is 0 Å². The Kier molecular flexibility index (Phi) is 7.06. The summed E-state index contributed by atoms with van der Waals surface area (Å²) >= 11 is 5.93. The van der Waals surface area contributed by atoms with Crippen LogP contribution in [0.1, 0.15) is 37.7 Å². The third-order valence-corrected chi connectivity index (χ3v) is 4.62. The summed E-state index contributed by atoms with van der Waals surface area (Å²) in [6.07, 6.45) is 3.83. The molecule has 1 heterocycles. The zero-order chi connectivity index (χ0) is 17.4. The summed E-state index contributed by atoms with van der Waals surface area (Å²) in [5.41, 5.74) is 0.775. The Hall–Kier alpha value is -1.59. The summed E-state index contributed by atoms with van der Waals surface area (Å²) < 4.78 is 4.96. The van der Waals surface area contributed by atoms with Gasteiger partial charge in [-0.05, 0) is 43.4 Å². The molecule has 0 bridgehead atoms. The highest BCUT2D eigenvalue weighted by Gasteiger charge is 2.37. The SMILES string of the molecule is COCCCNC(=O)CC[C@]1(Cc2ccc(Cl)cc2)CCC(=O)N1. The van der Waals surface area contributed by atoms with Crippen molar-refractivity contribution in [3.8, 4) is 0 Å². The molecule has 0 unspecified atom stereocenters. The van der Waals surface area contributed by atoms with Gasteiger partial charge in [-0.3, -0.25) is 9.59 Å². The highest BCUT2D eigenvalue weighted by molar-refractivity contribution is 6.30. The molecular formula is C18H25ClN2O3. The Bertz CT molecular complexity index is 562. The first-order valence-electron chi connectivity index (χ1n) is 8.34. The average Bonchev–Trinajstić information content (AvgIpc) is 2.93. The first kappa shape index (κ1) is 18.7. The minimum Gasteiger partial charge on any atom is -0.385 e. The third kappa shape index (κ3) is 5.80. The van der Waals surface area contributed by atoms with Gasteiger partial charge in [0.1, 0.15) is 0 Å². The number of amides is 2. The van der Waals surface area contributed by atoms with E-state index in [1.807, 2.05) is 24.3 Å². The standard InChI is InChI=1S/C18H25ClN2O3/c1-24-12-2-11-20-16(22)7-9-18(10-8-17(23)21-18)13-14-3-5-15(19)6-4-14/h3-6H,2,7-13H2,1H3,(H,20,22)(H,21,23)/t18-/m1/s1. The van der Waals surface area contributed by atoms with E-state index in [1.54, 1.807) is 7.11 Å². The van der Waals surface area contributed by atoms with Crippen LogP contribution in [0.5, 0.6) is 0 Å². The lowest BCUT2D eigenvalue weighted by Gasteiger charge is -2.29. The van der Waals surface area contributed by atoms with Gasteiger partial charge in [0.25, 0.3) is 0 Å². The molecule has 2 amide bonds. The van der Waals surface area contributed by atoms with Crippen LogP contribution in [0.4, 0.5) is 0 Å². The van der Waals surface area contributed by atoms with Crippen molar-refractivity contribution in [2.24, 2.45) is 0 Å². The molecule has 24 heavy (non-hydrogen) atoms. The number of methoxy groups -OCH3 is 1. The lowest BCUT2D eigenvalue weighted by Crippen LogP contribution is -2.44. The molecule has 1 aliphatic rings. The maximum atomic E-state index is 12.0. The lowest BCUT2D eigenvalue weighted by atomic mass is 9.85.